The zero-order chi connectivity index (χ0) is 18.8. The summed E-state index contributed by atoms with van der Waals surface area (Å²) in [5, 5.41) is 11.4. The van der Waals surface area contributed by atoms with Gasteiger partial charge in [0.05, 0.1) is 0 Å². The summed E-state index contributed by atoms with van der Waals surface area (Å²) >= 11 is 3.43. The summed E-state index contributed by atoms with van der Waals surface area (Å²) in [7, 11) is 0. The van der Waals surface area contributed by atoms with Crippen LogP contribution in [0.5, 0.6) is 0 Å². The minimum atomic E-state index is -0.131. The Morgan fingerprint density at radius 2 is 1.85 bits per heavy atom. The van der Waals surface area contributed by atoms with E-state index in [-0.39, 0.29) is 5.91 Å². The first-order valence-corrected chi connectivity index (χ1v) is 9.34. The van der Waals surface area contributed by atoms with E-state index in [4.69, 9.17) is 0 Å². The van der Waals surface area contributed by atoms with E-state index in [0.29, 0.717) is 17.8 Å². The Morgan fingerprint density at radius 1 is 1.07 bits per heavy atom. The lowest BCUT2D eigenvalue weighted by molar-refractivity contribution is 0.0951. The molecule has 0 unspecified atom stereocenters. The number of hydrogen-bond acceptors (Lipinski definition) is 3. The summed E-state index contributed by atoms with van der Waals surface area (Å²) in [5.41, 5.74) is 4.42. The van der Waals surface area contributed by atoms with E-state index < -0.39 is 0 Å². The molecule has 0 saturated heterocycles. The van der Waals surface area contributed by atoms with Crippen LogP contribution in [0.25, 0.3) is 17.0 Å². The van der Waals surface area contributed by atoms with E-state index in [9.17, 15) is 4.79 Å². The predicted molar refractivity (Wildman–Crippen MR) is 108 cm³/mol. The molecule has 27 heavy (non-hydrogen) atoms. The Morgan fingerprint density at radius 3 is 2.63 bits per heavy atom. The number of hydrogen-bond donors (Lipinski definition) is 1. The number of amides is 1. The van der Waals surface area contributed by atoms with Crippen molar-refractivity contribution in [3.8, 4) is 11.4 Å². The summed E-state index contributed by atoms with van der Waals surface area (Å²) in [4.78, 5) is 12.5. The van der Waals surface area contributed by atoms with Gasteiger partial charge in [0.1, 0.15) is 0 Å². The van der Waals surface area contributed by atoms with Gasteiger partial charge in [0.2, 0.25) is 0 Å². The monoisotopic (exact) mass is 420 g/mol. The molecule has 0 spiro atoms. The fourth-order valence-corrected chi connectivity index (χ4v) is 3.18. The maximum atomic E-state index is 12.5. The molecule has 2 aromatic carbocycles. The fraction of sp³-hybridized carbons (Fsp3) is 0.0952. The predicted octanol–water partition coefficient (Wildman–Crippen LogP) is 4.40. The number of aromatic nitrogens is 3. The molecule has 0 aliphatic heterocycles. The van der Waals surface area contributed by atoms with Crippen LogP contribution in [0.3, 0.4) is 0 Å². The minimum Gasteiger partial charge on any atom is -0.348 e. The highest BCUT2D eigenvalue weighted by Crippen LogP contribution is 2.21. The average Bonchev–Trinajstić information content (AvgIpc) is 3.11. The topological polar surface area (TPSA) is 59.3 Å². The van der Waals surface area contributed by atoms with E-state index in [2.05, 4.69) is 31.4 Å². The van der Waals surface area contributed by atoms with Crippen LogP contribution < -0.4 is 5.32 Å². The van der Waals surface area contributed by atoms with E-state index in [0.717, 1.165) is 27.0 Å². The van der Waals surface area contributed by atoms with Crippen LogP contribution in [0.2, 0.25) is 0 Å². The summed E-state index contributed by atoms with van der Waals surface area (Å²) in [6.07, 6.45) is 1.83. The lowest BCUT2D eigenvalue weighted by Gasteiger charge is -2.08. The van der Waals surface area contributed by atoms with Crippen molar-refractivity contribution in [2.75, 3.05) is 0 Å². The normalized spacial score (nSPS) is 10.9. The van der Waals surface area contributed by atoms with E-state index in [1.54, 1.807) is 12.1 Å². The Hall–Kier alpha value is -2.99. The average molecular weight is 421 g/mol. The summed E-state index contributed by atoms with van der Waals surface area (Å²) < 4.78 is 2.88. The Balaban J connectivity index is 1.56. The highest BCUT2D eigenvalue weighted by atomic mass is 79.9. The molecule has 6 heteroatoms. The maximum Gasteiger partial charge on any atom is 0.251 e. The maximum absolute atomic E-state index is 12.5. The van der Waals surface area contributed by atoms with Gasteiger partial charge >= 0.3 is 0 Å². The van der Waals surface area contributed by atoms with Gasteiger partial charge in [-0.25, -0.2) is 0 Å². The molecule has 1 amide bonds. The molecule has 134 valence electrons. The Kier molecular flexibility index (Phi) is 4.73. The number of benzene rings is 2. The van der Waals surface area contributed by atoms with Crippen molar-refractivity contribution in [1.82, 2.24) is 19.9 Å². The van der Waals surface area contributed by atoms with Crippen molar-refractivity contribution >= 4 is 27.5 Å². The fourth-order valence-electron chi connectivity index (χ4n) is 2.91. The van der Waals surface area contributed by atoms with Crippen LogP contribution in [0.4, 0.5) is 0 Å². The number of nitrogens with zero attached hydrogens (tertiary/aromatic N) is 3. The van der Waals surface area contributed by atoms with Gasteiger partial charge in [-0.05, 0) is 42.3 Å². The Bertz CT molecular complexity index is 1120. The molecule has 0 aliphatic rings. The molecule has 4 rings (SSSR count). The quantitative estimate of drug-likeness (QED) is 0.532. The second kappa shape index (κ2) is 7.32. The van der Waals surface area contributed by atoms with Gasteiger partial charge in [-0.15, -0.1) is 10.2 Å². The van der Waals surface area contributed by atoms with E-state index in [1.807, 2.05) is 66.1 Å². The molecule has 0 fully saturated rings. The number of aryl methyl sites for hydroxylation is 1. The molecule has 0 atom stereocenters. The second-order valence-electron chi connectivity index (χ2n) is 6.28. The highest BCUT2D eigenvalue weighted by Gasteiger charge is 2.12. The van der Waals surface area contributed by atoms with Crippen molar-refractivity contribution < 1.29 is 4.79 Å². The van der Waals surface area contributed by atoms with Gasteiger partial charge < -0.3 is 5.32 Å². The summed E-state index contributed by atoms with van der Waals surface area (Å²) in [5.74, 6) is 0.610. The zero-order valence-electron chi connectivity index (χ0n) is 14.7. The smallest absolute Gasteiger partial charge is 0.251 e. The molecule has 0 bridgehead atoms. The van der Waals surface area contributed by atoms with Crippen molar-refractivity contribution in [3.63, 3.8) is 0 Å². The van der Waals surface area contributed by atoms with Crippen LogP contribution in [0, 0.1) is 6.92 Å². The zero-order valence-corrected chi connectivity index (χ0v) is 16.3. The van der Waals surface area contributed by atoms with Gasteiger partial charge in [-0.2, -0.15) is 0 Å². The number of nitrogens with one attached hydrogen (secondary N) is 1. The number of carbonyl (C=O) groups is 1. The van der Waals surface area contributed by atoms with Gasteiger partial charge in [0, 0.05) is 28.3 Å². The molecule has 4 aromatic rings. The number of rotatable bonds is 4. The van der Waals surface area contributed by atoms with Crippen molar-refractivity contribution in [1.29, 1.82) is 0 Å². The SMILES string of the molecule is Cc1ccccc1CNC(=O)c1ccn2c(-c3ccc(Br)cc3)nnc2c1. The number of halogens is 1. The molecule has 0 saturated carbocycles. The Labute approximate surface area is 165 Å². The van der Waals surface area contributed by atoms with Crippen LogP contribution in [0.1, 0.15) is 21.5 Å². The summed E-state index contributed by atoms with van der Waals surface area (Å²) in [6.45, 7) is 2.53. The van der Waals surface area contributed by atoms with E-state index >= 15 is 0 Å². The van der Waals surface area contributed by atoms with Crippen molar-refractivity contribution in [2.45, 2.75) is 13.5 Å². The molecular formula is C21H17BrN4O. The molecule has 5 nitrogen and oxygen atoms in total. The third kappa shape index (κ3) is 3.61. The van der Waals surface area contributed by atoms with Crippen molar-refractivity contribution in [2.24, 2.45) is 0 Å². The third-order valence-corrected chi connectivity index (χ3v) is 5.00. The highest BCUT2D eigenvalue weighted by molar-refractivity contribution is 9.10. The first kappa shape index (κ1) is 17.4. The number of carbonyl (C=O) groups excluding carboxylic acids is 1. The lowest BCUT2D eigenvalue weighted by Crippen LogP contribution is -2.23. The lowest BCUT2D eigenvalue weighted by atomic mass is 10.1. The van der Waals surface area contributed by atoms with E-state index in [1.165, 1.54) is 0 Å². The second-order valence-corrected chi connectivity index (χ2v) is 7.20. The molecular weight excluding hydrogens is 404 g/mol. The minimum absolute atomic E-state index is 0.131. The van der Waals surface area contributed by atoms with Gasteiger partial charge in [0.25, 0.3) is 5.91 Å². The van der Waals surface area contributed by atoms with Crippen molar-refractivity contribution in [3.05, 3.63) is 88.0 Å². The first-order valence-electron chi connectivity index (χ1n) is 8.55. The van der Waals surface area contributed by atoms with Gasteiger partial charge in [0.15, 0.2) is 11.5 Å². The summed E-state index contributed by atoms with van der Waals surface area (Å²) in [6, 6.07) is 19.4. The molecule has 0 radical (unpaired) electrons. The van der Waals surface area contributed by atoms with Gasteiger partial charge in [-0.3, -0.25) is 9.20 Å². The van der Waals surface area contributed by atoms with Crippen LogP contribution >= 0.6 is 15.9 Å². The van der Waals surface area contributed by atoms with Crippen LogP contribution in [-0.2, 0) is 6.54 Å². The standard InChI is InChI=1S/C21H17BrN4O/c1-14-4-2-3-5-17(14)13-23-21(27)16-10-11-26-19(12-16)24-25-20(26)15-6-8-18(22)9-7-15/h2-12H,13H2,1H3,(H,23,27). The molecule has 2 aromatic heterocycles. The molecule has 0 aliphatic carbocycles. The first-order chi connectivity index (χ1) is 13.1. The number of pyridine rings is 1. The molecule has 2 heterocycles. The van der Waals surface area contributed by atoms with Crippen LogP contribution in [0.15, 0.2) is 71.3 Å². The van der Waals surface area contributed by atoms with Gasteiger partial charge in [-0.1, -0.05) is 52.3 Å². The number of fused-ring (bicyclic) bond motifs is 1. The molecule has 1 N–H and O–H groups in total. The largest absolute Gasteiger partial charge is 0.348 e. The van der Waals surface area contributed by atoms with Crippen LogP contribution in [-0.4, -0.2) is 20.5 Å². The third-order valence-electron chi connectivity index (χ3n) is 4.48.